The monoisotopic (exact) mass is 382 g/mol. The molecular formula is C21H22N2O5. The van der Waals surface area contributed by atoms with Crippen LogP contribution in [0.4, 0.5) is 5.69 Å². The molecule has 2 bridgehead atoms. The second-order valence-electron chi connectivity index (χ2n) is 7.31. The van der Waals surface area contributed by atoms with Gasteiger partial charge in [-0.3, -0.25) is 15.0 Å². The lowest BCUT2D eigenvalue weighted by Crippen LogP contribution is -2.58. The lowest BCUT2D eigenvalue weighted by Gasteiger charge is -2.48. The first-order valence-electron chi connectivity index (χ1n) is 9.43. The standard InChI is InChI=1S/C21H22N2O5/c24-21(16-6-8-17(9-7-16)23(25)26)28-20-10-18-13-27-14-19(11-20)22(18)12-15-4-2-1-3-5-15/h1-9,18-20H,10-14H2. The number of hydrogen-bond donors (Lipinski definition) is 0. The Balaban J connectivity index is 1.39. The van der Waals surface area contributed by atoms with Crippen molar-refractivity contribution in [1.82, 2.24) is 4.90 Å². The zero-order valence-corrected chi connectivity index (χ0v) is 15.4. The molecule has 2 aliphatic heterocycles. The fourth-order valence-electron chi connectivity index (χ4n) is 4.03. The van der Waals surface area contributed by atoms with Crippen LogP contribution in [0.25, 0.3) is 0 Å². The normalized spacial score (nSPS) is 24.5. The van der Waals surface area contributed by atoms with Gasteiger partial charge in [-0.1, -0.05) is 30.3 Å². The predicted octanol–water partition coefficient (Wildman–Crippen LogP) is 3.18. The molecule has 0 aliphatic carbocycles. The molecule has 0 radical (unpaired) electrons. The number of benzene rings is 2. The molecule has 2 aromatic carbocycles. The van der Waals surface area contributed by atoms with Gasteiger partial charge in [0.25, 0.3) is 5.69 Å². The van der Waals surface area contributed by atoms with Gasteiger partial charge >= 0.3 is 5.97 Å². The zero-order valence-electron chi connectivity index (χ0n) is 15.4. The zero-order chi connectivity index (χ0) is 19.5. The summed E-state index contributed by atoms with van der Waals surface area (Å²) in [6.07, 6.45) is 1.28. The van der Waals surface area contributed by atoms with Crippen molar-refractivity contribution >= 4 is 11.7 Å². The highest BCUT2D eigenvalue weighted by atomic mass is 16.6. The van der Waals surface area contributed by atoms with Crippen molar-refractivity contribution in [2.75, 3.05) is 13.2 Å². The van der Waals surface area contributed by atoms with E-state index in [2.05, 4.69) is 17.0 Å². The number of ether oxygens (including phenoxy) is 2. The van der Waals surface area contributed by atoms with Crippen LogP contribution in [0.5, 0.6) is 0 Å². The largest absolute Gasteiger partial charge is 0.459 e. The van der Waals surface area contributed by atoms with E-state index in [1.807, 2.05) is 18.2 Å². The lowest BCUT2D eigenvalue weighted by molar-refractivity contribution is -0.384. The minimum absolute atomic E-state index is 0.0440. The summed E-state index contributed by atoms with van der Waals surface area (Å²) in [6.45, 7) is 2.13. The van der Waals surface area contributed by atoms with Crippen LogP contribution in [0.1, 0.15) is 28.8 Å². The second kappa shape index (κ2) is 8.08. The van der Waals surface area contributed by atoms with Crippen molar-refractivity contribution in [1.29, 1.82) is 0 Å². The maximum absolute atomic E-state index is 12.4. The maximum Gasteiger partial charge on any atom is 0.338 e. The average Bonchev–Trinajstić information content (AvgIpc) is 2.69. The summed E-state index contributed by atoms with van der Waals surface area (Å²) in [7, 11) is 0. The highest BCUT2D eigenvalue weighted by molar-refractivity contribution is 5.89. The Morgan fingerprint density at radius 1 is 1.07 bits per heavy atom. The van der Waals surface area contributed by atoms with Crippen molar-refractivity contribution in [2.24, 2.45) is 0 Å². The van der Waals surface area contributed by atoms with Gasteiger partial charge in [-0.05, 0) is 17.7 Å². The summed E-state index contributed by atoms with van der Waals surface area (Å²) in [5, 5.41) is 10.7. The fourth-order valence-corrected chi connectivity index (χ4v) is 4.03. The number of nitro benzene ring substituents is 1. The Morgan fingerprint density at radius 2 is 1.71 bits per heavy atom. The summed E-state index contributed by atoms with van der Waals surface area (Å²) in [4.78, 5) is 25.2. The van der Waals surface area contributed by atoms with Crippen LogP contribution in [-0.4, -0.2) is 47.2 Å². The molecule has 2 aliphatic rings. The van der Waals surface area contributed by atoms with Gasteiger partial charge in [0.1, 0.15) is 6.10 Å². The van der Waals surface area contributed by atoms with Crippen LogP contribution < -0.4 is 0 Å². The number of fused-ring (bicyclic) bond motifs is 2. The number of hydrogen-bond acceptors (Lipinski definition) is 6. The van der Waals surface area contributed by atoms with Crippen LogP contribution in [0.3, 0.4) is 0 Å². The molecule has 7 nitrogen and oxygen atoms in total. The molecular weight excluding hydrogens is 360 g/mol. The quantitative estimate of drug-likeness (QED) is 0.449. The Bertz CT molecular complexity index is 826. The molecule has 28 heavy (non-hydrogen) atoms. The predicted molar refractivity (Wildman–Crippen MR) is 102 cm³/mol. The van der Waals surface area contributed by atoms with Crippen molar-refractivity contribution in [3.8, 4) is 0 Å². The van der Waals surface area contributed by atoms with Crippen molar-refractivity contribution in [3.63, 3.8) is 0 Å². The van der Waals surface area contributed by atoms with Crippen molar-refractivity contribution < 1.29 is 19.2 Å². The first kappa shape index (κ1) is 18.6. The van der Waals surface area contributed by atoms with E-state index < -0.39 is 10.9 Å². The minimum Gasteiger partial charge on any atom is -0.459 e. The molecule has 0 saturated carbocycles. The van der Waals surface area contributed by atoms with E-state index in [9.17, 15) is 14.9 Å². The van der Waals surface area contributed by atoms with Crippen LogP contribution >= 0.6 is 0 Å². The summed E-state index contributed by atoms with van der Waals surface area (Å²) in [5.41, 5.74) is 1.55. The molecule has 0 aromatic heterocycles. The number of piperidine rings is 1. The van der Waals surface area contributed by atoms with Gasteiger partial charge in [-0.25, -0.2) is 4.79 Å². The Labute approximate surface area is 163 Å². The van der Waals surface area contributed by atoms with Gasteiger partial charge in [-0.2, -0.15) is 0 Å². The average molecular weight is 382 g/mol. The van der Waals surface area contributed by atoms with E-state index in [0.717, 1.165) is 19.4 Å². The van der Waals surface area contributed by atoms with Crippen LogP contribution in [0.15, 0.2) is 54.6 Å². The van der Waals surface area contributed by atoms with Crippen LogP contribution in [0.2, 0.25) is 0 Å². The summed E-state index contributed by atoms with van der Waals surface area (Å²) in [6, 6.07) is 16.3. The van der Waals surface area contributed by atoms with Gasteiger partial charge in [0.2, 0.25) is 0 Å². The first-order chi connectivity index (χ1) is 13.6. The van der Waals surface area contributed by atoms with E-state index in [0.29, 0.717) is 18.8 Å². The molecule has 2 atom stereocenters. The van der Waals surface area contributed by atoms with Gasteiger partial charge in [0.15, 0.2) is 0 Å². The fraction of sp³-hybridized carbons (Fsp3) is 0.381. The molecule has 2 unspecified atom stereocenters. The molecule has 2 saturated heterocycles. The third-order valence-electron chi connectivity index (χ3n) is 5.42. The third-order valence-corrected chi connectivity index (χ3v) is 5.42. The van der Waals surface area contributed by atoms with Gasteiger partial charge in [0.05, 0.1) is 23.7 Å². The molecule has 2 heterocycles. The number of carbonyl (C=O) groups is 1. The second-order valence-corrected chi connectivity index (χ2v) is 7.31. The topological polar surface area (TPSA) is 81.9 Å². The van der Waals surface area contributed by atoms with E-state index in [1.165, 1.54) is 29.8 Å². The van der Waals surface area contributed by atoms with E-state index in [1.54, 1.807) is 0 Å². The lowest BCUT2D eigenvalue weighted by atomic mass is 9.91. The minimum atomic E-state index is -0.487. The number of carbonyl (C=O) groups excluding carboxylic acids is 1. The molecule has 4 rings (SSSR count). The molecule has 0 spiro atoms. The Morgan fingerprint density at radius 3 is 2.32 bits per heavy atom. The maximum atomic E-state index is 12.4. The van der Waals surface area contributed by atoms with Crippen LogP contribution in [-0.2, 0) is 16.0 Å². The molecule has 2 aromatic rings. The molecule has 7 heteroatoms. The molecule has 0 amide bonds. The van der Waals surface area contributed by atoms with Gasteiger partial charge in [-0.15, -0.1) is 0 Å². The number of esters is 1. The molecule has 2 fully saturated rings. The number of non-ortho nitro benzene ring substituents is 1. The molecule has 0 N–H and O–H groups in total. The number of morpholine rings is 1. The summed E-state index contributed by atoms with van der Waals surface area (Å²) in [5.74, 6) is -0.435. The van der Waals surface area contributed by atoms with E-state index in [4.69, 9.17) is 9.47 Å². The Kier molecular flexibility index (Phi) is 5.36. The summed E-state index contributed by atoms with van der Waals surface area (Å²) < 4.78 is 11.5. The third kappa shape index (κ3) is 4.05. The van der Waals surface area contributed by atoms with Crippen LogP contribution in [0, 0.1) is 10.1 Å². The van der Waals surface area contributed by atoms with Crippen molar-refractivity contribution in [3.05, 3.63) is 75.8 Å². The number of nitrogens with zero attached hydrogens (tertiary/aromatic N) is 2. The van der Waals surface area contributed by atoms with E-state index in [-0.39, 0.29) is 23.9 Å². The first-order valence-corrected chi connectivity index (χ1v) is 9.43. The van der Waals surface area contributed by atoms with Gasteiger partial charge in [0, 0.05) is 43.6 Å². The smallest absolute Gasteiger partial charge is 0.338 e. The Hall–Kier alpha value is -2.77. The summed E-state index contributed by atoms with van der Waals surface area (Å²) >= 11 is 0. The number of nitro groups is 1. The molecule has 146 valence electrons. The highest BCUT2D eigenvalue weighted by Crippen LogP contribution is 2.31. The highest BCUT2D eigenvalue weighted by Gasteiger charge is 2.40. The number of rotatable bonds is 5. The SMILES string of the molecule is O=C(OC1CC2COCC(C1)N2Cc1ccccc1)c1ccc([N+](=O)[O-])cc1. The van der Waals surface area contributed by atoms with Crippen molar-refractivity contribution in [2.45, 2.75) is 37.6 Å². The van der Waals surface area contributed by atoms with Gasteiger partial charge < -0.3 is 9.47 Å². The van der Waals surface area contributed by atoms with E-state index >= 15 is 0 Å².